The normalized spacial score (nSPS) is 23.0. The molecule has 5 heteroatoms. The Balaban J connectivity index is 1.20. The Kier molecular flexibility index (Phi) is 8.64. The molecule has 218 valence electrons. The number of piperidine rings is 2. The highest BCUT2D eigenvalue weighted by Gasteiger charge is 2.42. The Bertz CT molecular complexity index is 1320. The predicted octanol–water partition coefficient (Wildman–Crippen LogP) is 6.75. The van der Waals surface area contributed by atoms with Crippen LogP contribution in [0.3, 0.4) is 0 Å². The quantitative estimate of drug-likeness (QED) is 0.309. The van der Waals surface area contributed by atoms with Gasteiger partial charge in [0.25, 0.3) is 5.91 Å². The molecule has 0 radical (unpaired) electrons. The standard InChI is InChI=1S/C36H47N3O2/c1-28(2)41-32-13-8-12-30(26-32)35(40)39-25-19-36(27-39,34-15-9-11-29-10-4-5-14-33(29)34)18-24-37-22-16-31(17-23-37)38-20-6-3-7-21-38/h4-5,8-15,26,28,31H,3,6-7,16-25,27H2,1-2H3/t36-/m1/s1. The van der Waals surface area contributed by atoms with Crippen molar-refractivity contribution in [1.29, 1.82) is 0 Å². The van der Waals surface area contributed by atoms with Gasteiger partial charge in [-0.1, -0.05) is 55.0 Å². The van der Waals surface area contributed by atoms with E-state index in [1.54, 1.807) is 0 Å². The van der Waals surface area contributed by atoms with Gasteiger partial charge in [0, 0.05) is 30.1 Å². The highest BCUT2D eigenvalue weighted by molar-refractivity contribution is 5.95. The van der Waals surface area contributed by atoms with E-state index < -0.39 is 0 Å². The Morgan fingerprint density at radius 3 is 2.46 bits per heavy atom. The van der Waals surface area contributed by atoms with Crippen LogP contribution in [0.4, 0.5) is 0 Å². The van der Waals surface area contributed by atoms with E-state index in [-0.39, 0.29) is 17.4 Å². The zero-order valence-corrected chi connectivity index (χ0v) is 25.1. The molecule has 3 saturated heterocycles. The third kappa shape index (κ3) is 6.32. The number of benzene rings is 3. The molecule has 41 heavy (non-hydrogen) atoms. The van der Waals surface area contributed by atoms with E-state index in [1.807, 2.05) is 38.1 Å². The predicted molar refractivity (Wildman–Crippen MR) is 168 cm³/mol. The van der Waals surface area contributed by atoms with Crippen molar-refractivity contribution in [3.63, 3.8) is 0 Å². The first-order chi connectivity index (χ1) is 20.0. The maximum absolute atomic E-state index is 13.8. The zero-order chi connectivity index (χ0) is 28.2. The molecule has 0 N–H and O–H groups in total. The lowest BCUT2D eigenvalue weighted by molar-refractivity contribution is 0.0771. The molecule has 3 aromatic carbocycles. The first-order valence-corrected chi connectivity index (χ1v) is 16.0. The van der Waals surface area contributed by atoms with Crippen LogP contribution in [0.1, 0.15) is 74.7 Å². The van der Waals surface area contributed by atoms with Gasteiger partial charge in [0.1, 0.15) is 5.75 Å². The number of hydrogen-bond acceptors (Lipinski definition) is 4. The van der Waals surface area contributed by atoms with Crippen LogP contribution in [0.2, 0.25) is 0 Å². The SMILES string of the molecule is CC(C)Oc1cccc(C(=O)N2CC[C@@](CCN3CCC(N4CCCCC4)CC3)(c3cccc4ccccc34)C2)c1. The number of carbonyl (C=O) groups excluding carboxylic acids is 1. The molecule has 0 aliphatic carbocycles. The van der Waals surface area contributed by atoms with Crippen LogP contribution < -0.4 is 4.74 Å². The first kappa shape index (κ1) is 28.2. The van der Waals surface area contributed by atoms with Gasteiger partial charge in [0.2, 0.25) is 0 Å². The molecule has 0 spiro atoms. The second-order valence-corrected chi connectivity index (χ2v) is 12.9. The summed E-state index contributed by atoms with van der Waals surface area (Å²) in [6.07, 6.45) is 8.89. The van der Waals surface area contributed by atoms with Crippen molar-refractivity contribution >= 4 is 16.7 Å². The Hall–Kier alpha value is -2.89. The summed E-state index contributed by atoms with van der Waals surface area (Å²) < 4.78 is 5.90. The van der Waals surface area contributed by atoms with Crippen LogP contribution in [0.15, 0.2) is 66.7 Å². The van der Waals surface area contributed by atoms with E-state index >= 15 is 0 Å². The molecule has 0 aromatic heterocycles. The number of fused-ring (bicyclic) bond motifs is 1. The largest absolute Gasteiger partial charge is 0.491 e. The molecule has 1 amide bonds. The van der Waals surface area contributed by atoms with Gasteiger partial charge < -0.3 is 19.4 Å². The second kappa shape index (κ2) is 12.5. The van der Waals surface area contributed by atoms with Crippen molar-refractivity contribution < 1.29 is 9.53 Å². The molecular formula is C36H47N3O2. The van der Waals surface area contributed by atoms with E-state index in [1.165, 1.54) is 74.6 Å². The minimum atomic E-state index is -0.0493. The van der Waals surface area contributed by atoms with E-state index in [0.29, 0.717) is 0 Å². The fourth-order valence-electron chi connectivity index (χ4n) is 7.61. The summed E-state index contributed by atoms with van der Waals surface area (Å²) in [6, 6.07) is 24.0. The molecule has 3 aromatic rings. The van der Waals surface area contributed by atoms with Crippen LogP contribution in [0.25, 0.3) is 10.8 Å². The molecular weight excluding hydrogens is 506 g/mol. The van der Waals surface area contributed by atoms with Gasteiger partial charge >= 0.3 is 0 Å². The lowest BCUT2D eigenvalue weighted by Crippen LogP contribution is -2.47. The smallest absolute Gasteiger partial charge is 0.254 e. The average molecular weight is 554 g/mol. The van der Waals surface area contributed by atoms with Gasteiger partial charge in [-0.15, -0.1) is 0 Å². The minimum Gasteiger partial charge on any atom is -0.491 e. The lowest BCUT2D eigenvalue weighted by Gasteiger charge is -2.41. The van der Waals surface area contributed by atoms with Crippen LogP contribution in [0, 0.1) is 0 Å². The van der Waals surface area contributed by atoms with Crippen LogP contribution in [-0.4, -0.2) is 78.6 Å². The monoisotopic (exact) mass is 553 g/mol. The summed E-state index contributed by atoms with van der Waals surface area (Å²) in [5.74, 6) is 0.877. The summed E-state index contributed by atoms with van der Waals surface area (Å²) >= 11 is 0. The molecule has 0 unspecified atom stereocenters. The summed E-state index contributed by atoms with van der Waals surface area (Å²) in [6.45, 7) is 11.7. The van der Waals surface area contributed by atoms with Gasteiger partial charge in [-0.3, -0.25) is 4.79 Å². The molecule has 0 saturated carbocycles. The molecule has 0 bridgehead atoms. The Morgan fingerprint density at radius 2 is 1.66 bits per heavy atom. The van der Waals surface area contributed by atoms with E-state index in [0.717, 1.165) is 49.8 Å². The molecule has 3 aliphatic heterocycles. The maximum Gasteiger partial charge on any atom is 0.254 e. The third-order valence-electron chi connectivity index (χ3n) is 9.83. The third-order valence-corrected chi connectivity index (χ3v) is 9.83. The van der Waals surface area contributed by atoms with Crippen LogP contribution in [0.5, 0.6) is 5.75 Å². The summed E-state index contributed by atoms with van der Waals surface area (Å²) in [5, 5.41) is 2.62. The Morgan fingerprint density at radius 1 is 0.902 bits per heavy atom. The van der Waals surface area contributed by atoms with Crippen molar-refractivity contribution in [2.75, 3.05) is 45.8 Å². The fraction of sp³-hybridized carbons (Fsp3) is 0.528. The molecule has 1 atom stereocenters. The van der Waals surface area contributed by atoms with E-state index in [2.05, 4.69) is 57.2 Å². The van der Waals surface area contributed by atoms with Gasteiger partial charge in [-0.25, -0.2) is 0 Å². The number of rotatable bonds is 8. The van der Waals surface area contributed by atoms with Crippen molar-refractivity contribution in [3.8, 4) is 5.75 Å². The lowest BCUT2D eigenvalue weighted by atomic mass is 9.74. The molecule has 3 fully saturated rings. The average Bonchev–Trinajstić information content (AvgIpc) is 3.45. The highest BCUT2D eigenvalue weighted by Crippen LogP contribution is 2.42. The summed E-state index contributed by atoms with van der Waals surface area (Å²) in [7, 11) is 0. The maximum atomic E-state index is 13.8. The Labute approximate surface area is 246 Å². The minimum absolute atomic E-state index is 0.0493. The number of amides is 1. The second-order valence-electron chi connectivity index (χ2n) is 12.9. The molecule has 3 aliphatic rings. The van der Waals surface area contributed by atoms with Gasteiger partial charge in [0.15, 0.2) is 0 Å². The van der Waals surface area contributed by atoms with Gasteiger partial charge in [-0.05, 0) is 120 Å². The highest BCUT2D eigenvalue weighted by atomic mass is 16.5. The number of ether oxygens (including phenoxy) is 1. The molecule has 5 nitrogen and oxygen atoms in total. The number of likely N-dealkylation sites (tertiary alicyclic amines) is 3. The van der Waals surface area contributed by atoms with Crippen molar-refractivity contribution in [3.05, 3.63) is 77.9 Å². The van der Waals surface area contributed by atoms with E-state index in [9.17, 15) is 4.79 Å². The zero-order valence-electron chi connectivity index (χ0n) is 25.1. The van der Waals surface area contributed by atoms with Crippen molar-refractivity contribution in [2.24, 2.45) is 0 Å². The number of hydrogen-bond donors (Lipinski definition) is 0. The molecule has 3 heterocycles. The van der Waals surface area contributed by atoms with Gasteiger partial charge in [0.05, 0.1) is 6.10 Å². The summed E-state index contributed by atoms with van der Waals surface area (Å²) in [4.78, 5) is 21.4. The first-order valence-electron chi connectivity index (χ1n) is 16.0. The van der Waals surface area contributed by atoms with Crippen molar-refractivity contribution in [2.45, 2.75) is 76.4 Å². The topological polar surface area (TPSA) is 36.0 Å². The van der Waals surface area contributed by atoms with Crippen molar-refractivity contribution in [1.82, 2.24) is 14.7 Å². The molecule has 6 rings (SSSR count). The van der Waals surface area contributed by atoms with Crippen LogP contribution >= 0.6 is 0 Å². The fourth-order valence-corrected chi connectivity index (χ4v) is 7.61. The van der Waals surface area contributed by atoms with Crippen LogP contribution in [-0.2, 0) is 5.41 Å². The number of nitrogens with zero attached hydrogens (tertiary/aromatic N) is 3. The number of carbonyl (C=O) groups is 1. The summed E-state index contributed by atoms with van der Waals surface area (Å²) in [5.41, 5.74) is 2.08. The van der Waals surface area contributed by atoms with Gasteiger partial charge in [-0.2, -0.15) is 0 Å². The van der Waals surface area contributed by atoms with E-state index in [4.69, 9.17) is 4.74 Å².